The maximum Gasteiger partial charge on any atom is 0.0488 e. The van der Waals surface area contributed by atoms with E-state index in [9.17, 15) is 0 Å². The van der Waals surface area contributed by atoms with Crippen LogP contribution in [0.15, 0.2) is 24.3 Å². The average Bonchev–Trinajstić information content (AvgIpc) is 2.74. The summed E-state index contributed by atoms with van der Waals surface area (Å²) in [5, 5.41) is 0.837. The Morgan fingerprint density at radius 2 is 1.92 bits per heavy atom. The zero-order valence-electron chi connectivity index (χ0n) is 6.69. The molecule has 1 aromatic carbocycles. The number of halogens is 2. The Morgan fingerprint density at radius 1 is 1.25 bits per heavy atom. The molecule has 0 heterocycles. The summed E-state index contributed by atoms with van der Waals surface area (Å²) < 4.78 is 0. The smallest absolute Gasteiger partial charge is 0.0488 e. The van der Waals surface area contributed by atoms with E-state index in [0.29, 0.717) is 0 Å². The number of hydrogen-bond acceptors (Lipinski definition) is 0. The maximum absolute atomic E-state index is 6.19. The minimum atomic E-state index is 0.0327. The first kappa shape index (κ1) is 8.40. The fraction of sp³-hybridized carbons (Fsp3) is 0.400. The zero-order valence-corrected chi connectivity index (χ0v) is 8.20. The minimum absolute atomic E-state index is 0.0327. The van der Waals surface area contributed by atoms with Gasteiger partial charge in [-0.05, 0) is 30.9 Å². The average molecular weight is 201 g/mol. The maximum atomic E-state index is 6.19. The Bertz CT molecular complexity index is 290. The van der Waals surface area contributed by atoms with Gasteiger partial charge in [0.25, 0.3) is 0 Å². The minimum Gasteiger partial charge on any atom is -0.119 e. The molecule has 0 bridgehead atoms. The molecule has 0 N–H and O–H groups in total. The first-order chi connectivity index (χ1) is 5.70. The molecule has 1 aliphatic rings. The van der Waals surface area contributed by atoms with Crippen molar-refractivity contribution in [2.24, 2.45) is 0 Å². The van der Waals surface area contributed by atoms with E-state index in [4.69, 9.17) is 23.2 Å². The Hall–Kier alpha value is -0.200. The van der Waals surface area contributed by atoms with Crippen LogP contribution in [-0.2, 0) is 6.42 Å². The van der Waals surface area contributed by atoms with Crippen LogP contribution in [-0.4, -0.2) is 4.87 Å². The highest BCUT2D eigenvalue weighted by Crippen LogP contribution is 2.45. The van der Waals surface area contributed by atoms with Gasteiger partial charge in [-0.1, -0.05) is 29.8 Å². The molecule has 0 spiro atoms. The van der Waals surface area contributed by atoms with Crippen molar-refractivity contribution in [3.05, 3.63) is 34.9 Å². The Kier molecular flexibility index (Phi) is 2.05. The van der Waals surface area contributed by atoms with Crippen molar-refractivity contribution in [1.82, 2.24) is 0 Å². The van der Waals surface area contributed by atoms with Gasteiger partial charge in [0.2, 0.25) is 0 Å². The molecule has 1 aliphatic carbocycles. The summed E-state index contributed by atoms with van der Waals surface area (Å²) in [4.78, 5) is 0.0327. The monoisotopic (exact) mass is 200 g/mol. The van der Waals surface area contributed by atoms with Crippen molar-refractivity contribution in [2.75, 3.05) is 0 Å². The Balaban J connectivity index is 2.17. The van der Waals surface area contributed by atoms with Gasteiger partial charge in [-0.3, -0.25) is 0 Å². The Morgan fingerprint density at radius 3 is 2.50 bits per heavy atom. The molecule has 12 heavy (non-hydrogen) atoms. The molecule has 0 amide bonds. The van der Waals surface area contributed by atoms with Gasteiger partial charge in [0.15, 0.2) is 0 Å². The molecule has 0 unspecified atom stereocenters. The fourth-order valence-corrected chi connectivity index (χ4v) is 1.74. The molecule has 1 fully saturated rings. The van der Waals surface area contributed by atoms with Gasteiger partial charge < -0.3 is 0 Å². The van der Waals surface area contributed by atoms with Gasteiger partial charge >= 0.3 is 0 Å². The SMILES string of the molecule is Clc1ccccc1CC1(Cl)CC1. The standard InChI is InChI=1S/C10H10Cl2/c11-9-4-2-1-3-8(9)7-10(12)5-6-10/h1-4H,5-7H2. The molecule has 0 aromatic heterocycles. The summed E-state index contributed by atoms with van der Waals surface area (Å²) >= 11 is 12.2. The van der Waals surface area contributed by atoms with Crippen molar-refractivity contribution in [3.63, 3.8) is 0 Å². The molecular weight excluding hydrogens is 191 g/mol. The van der Waals surface area contributed by atoms with Gasteiger partial charge in [-0.25, -0.2) is 0 Å². The van der Waals surface area contributed by atoms with E-state index in [2.05, 4.69) is 0 Å². The predicted molar refractivity (Wildman–Crippen MR) is 53.0 cm³/mol. The van der Waals surface area contributed by atoms with E-state index in [0.717, 1.165) is 24.3 Å². The third kappa shape index (κ3) is 1.75. The molecule has 0 radical (unpaired) electrons. The second-order valence-corrected chi connectivity index (χ2v) is 4.63. The van der Waals surface area contributed by atoms with Crippen molar-refractivity contribution in [3.8, 4) is 0 Å². The summed E-state index contributed by atoms with van der Waals surface area (Å²) in [6, 6.07) is 7.91. The molecule has 0 saturated heterocycles. The molecule has 0 atom stereocenters. The van der Waals surface area contributed by atoms with Gasteiger partial charge in [-0.15, -0.1) is 11.6 Å². The lowest BCUT2D eigenvalue weighted by atomic mass is 10.1. The van der Waals surface area contributed by atoms with E-state index in [1.165, 1.54) is 5.56 Å². The lowest BCUT2D eigenvalue weighted by Gasteiger charge is -2.06. The first-order valence-electron chi connectivity index (χ1n) is 4.12. The largest absolute Gasteiger partial charge is 0.119 e. The molecule has 1 aromatic rings. The van der Waals surface area contributed by atoms with Crippen LogP contribution in [0.5, 0.6) is 0 Å². The summed E-state index contributed by atoms with van der Waals surface area (Å²) in [6.45, 7) is 0. The second kappa shape index (κ2) is 2.93. The van der Waals surface area contributed by atoms with Crippen LogP contribution in [0, 0.1) is 0 Å². The highest BCUT2D eigenvalue weighted by atomic mass is 35.5. The van der Waals surface area contributed by atoms with Crippen molar-refractivity contribution in [2.45, 2.75) is 24.1 Å². The van der Waals surface area contributed by atoms with Crippen LogP contribution in [0.3, 0.4) is 0 Å². The predicted octanol–water partition coefficient (Wildman–Crippen LogP) is 3.65. The topological polar surface area (TPSA) is 0 Å². The van der Waals surface area contributed by atoms with Crippen molar-refractivity contribution >= 4 is 23.2 Å². The van der Waals surface area contributed by atoms with Crippen LogP contribution in [0.1, 0.15) is 18.4 Å². The number of hydrogen-bond donors (Lipinski definition) is 0. The van der Waals surface area contributed by atoms with Gasteiger partial charge in [0.1, 0.15) is 0 Å². The van der Waals surface area contributed by atoms with Crippen molar-refractivity contribution in [1.29, 1.82) is 0 Å². The number of rotatable bonds is 2. The van der Waals surface area contributed by atoms with Crippen LogP contribution in [0.2, 0.25) is 5.02 Å². The van der Waals surface area contributed by atoms with E-state index >= 15 is 0 Å². The van der Waals surface area contributed by atoms with E-state index in [1.807, 2.05) is 24.3 Å². The normalized spacial score (nSPS) is 19.2. The highest BCUT2D eigenvalue weighted by molar-refractivity contribution is 6.31. The lowest BCUT2D eigenvalue weighted by molar-refractivity contribution is 0.875. The number of alkyl halides is 1. The quantitative estimate of drug-likeness (QED) is 0.640. The molecule has 64 valence electrons. The van der Waals surface area contributed by atoms with Crippen LogP contribution in [0.4, 0.5) is 0 Å². The molecule has 2 rings (SSSR count). The van der Waals surface area contributed by atoms with E-state index in [-0.39, 0.29) is 4.87 Å². The van der Waals surface area contributed by atoms with E-state index in [1.54, 1.807) is 0 Å². The van der Waals surface area contributed by atoms with Crippen molar-refractivity contribution < 1.29 is 0 Å². The third-order valence-electron chi connectivity index (χ3n) is 2.26. The summed E-state index contributed by atoms with van der Waals surface area (Å²) in [5.41, 5.74) is 1.17. The van der Waals surface area contributed by atoms with Gasteiger partial charge in [0, 0.05) is 9.90 Å². The van der Waals surface area contributed by atoms with Crippen LogP contribution < -0.4 is 0 Å². The first-order valence-corrected chi connectivity index (χ1v) is 4.88. The Labute approximate surface area is 82.5 Å². The molecule has 0 nitrogen and oxygen atoms in total. The highest BCUT2D eigenvalue weighted by Gasteiger charge is 2.40. The zero-order chi connectivity index (χ0) is 8.60. The van der Waals surface area contributed by atoms with E-state index < -0.39 is 0 Å². The van der Waals surface area contributed by atoms with Crippen LogP contribution >= 0.6 is 23.2 Å². The second-order valence-electron chi connectivity index (χ2n) is 3.42. The summed E-state index contributed by atoms with van der Waals surface area (Å²) in [5.74, 6) is 0. The molecule has 2 heteroatoms. The third-order valence-corrected chi connectivity index (χ3v) is 3.14. The molecule has 0 aliphatic heterocycles. The van der Waals surface area contributed by atoms with Gasteiger partial charge in [0.05, 0.1) is 0 Å². The summed E-state index contributed by atoms with van der Waals surface area (Å²) in [7, 11) is 0. The fourth-order valence-electron chi connectivity index (χ4n) is 1.30. The van der Waals surface area contributed by atoms with Crippen LogP contribution in [0.25, 0.3) is 0 Å². The lowest BCUT2D eigenvalue weighted by Crippen LogP contribution is -2.02. The summed E-state index contributed by atoms with van der Waals surface area (Å²) in [6.07, 6.45) is 3.16. The molecule has 1 saturated carbocycles. The number of benzene rings is 1. The van der Waals surface area contributed by atoms with Gasteiger partial charge in [-0.2, -0.15) is 0 Å². The molecular formula is C10H10Cl2.